The van der Waals surface area contributed by atoms with Crippen molar-refractivity contribution in [1.82, 2.24) is 24.7 Å². The molecule has 7 nitrogen and oxygen atoms in total. The van der Waals surface area contributed by atoms with E-state index in [1.165, 1.54) is 6.20 Å². The Morgan fingerprint density at radius 3 is 2.67 bits per heavy atom. The molecule has 0 amide bonds. The van der Waals surface area contributed by atoms with Crippen molar-refractivity contribution in [1.29, 1.82) is 5.26 Å². The van der Waals surface area contributed by atoms with E-state index in [0.29, 0.717) is 23.1 Å². The first-order chi connectivity index (χ1) is 11.8. The van der Waals surface area contributed by atoms with Crippen molar-refractivity contribution in [2.45, 2.75) is 0 Å². The molecule has 0 atom stereocenters. The summed E-state index contributed by atoms with van der Waals surface area (Å²) in [4.78, 5) is 12.8. The Labute approximate surface area is 137 Å². The van der Waals surface area contributed by atoms with Crippen molar-refractivity contribution in [2.24, 2.45) is 0 Å². The van der Waals surface area contributed by atoms with E-state index in [1.807, 2.05) is 36.4 Å². The largest absolute Gasteiger partial charge is 0.307 e. The van der Waals surface area contributed by atoms with Crippen molar-refractivity contribution < 1.29 is 0 Å². The summed E-state index contributed by atoms with van der Waals surface area (Å²) >= 11 is 0. The van der Waals surface area contributed by atoms with Crippen LogP contribution in [0.4, 0.5) is 11.8 Å². The first kappa shape index (κ1) is 13.8. The average molecular weight is 313 g/mol. The summed E-state index contributed by atoms with van der Waals surface area (Å²) in [5, 5.41) is 17.7. The second kappa shape index (κ2) is 5.78. The van der Waals surface area contributed by atoms with Gasteiger partial charge in [0.2, 0.25) is 5.95 Å². The number of rotatable bonds is 3. The van der Waals surface area contributed by atoms with E-state index in [-0.39, 0.29) is 0 Å². The van der Waals surface area contributed by atoms with E-state index in [1.54, 1.807) is 23.1 Å². The summed E-state index contributed by atoms with van der Waals surface area (Å²) in [6, 6.07) is 15.5. The first-order valence-corrected chi connectivity index (χ1v) is 7.23. The molecule has 3 aromatic heterocycles. The molecule has 4 aromatic rings. The summed E-state index contributed by atoms with van der Waals surface area (Å²) in [6.45, 7) is 0. The molecule has 0 aliphatic heterocycles. The molecule has 3 heterocycles. The van der Waals surface area contributed by atoms with Gasteiger partial charge in [-0.25, -0.2) is 15.0 Å². The first-order valence-electron chi connectivity index (χ1n) is 7.23. The summed E-state index contributed by atoms with van der Waals surface area (Å²) < 4.78 is 1.57. The molecule has 1 N–H and O–H groups in total. The van der Waals surface area contributed by atoms with Gasteiger partial charge >= 0.3 is 0 Å². The maximum Gasteiger partial charge on any atom is 0.228 e. The van der Waals surface area contributed by atoms with Gasteiger partial charge in [-0.3, -0.25) is 0 Å². The number of aromatic nitrogens is 5. The van der Waals surface area contributed by atoms with Crippen LogP contribution in [0.15, 0.2) is 61.1 Å². The summed E-state index contributed by atoms with van der Waals surface area (Å²) in [6.07, 6.45) is 4.73. The Hall–Kier alpha value is -3.79. The number of nitrogens with zero attached hydrogens (tertiary/aromatic N) is 6. The van der Waals surface area contributed by atoms with Crippen molar-refractivity contribution in [3.05, 3.63) is 66.6 Å². The zero-order valence-corrected chi connectivity index (χ0v) is 12.5. The van der Waals surface area contributed by atoms with Gasteiger partial charge < -0.3 is 5.32 Å². The maximum atomic E-state index is 9.32. The van der Waals surface area contributed by atoms with Gasteiger partial charge in [0, 0.05) is 17.8 Å². The third-order valence-electron chi connectivity index (χ3n) is 3.49. The van der Waals surface area contributed by atoms with Gasteiger partial charge in [0.1, 0.15) is 11.6 Å². The molecule has 0 saturated carbocycles. The van der Waals surface area contributed by atoms with Crippen LogP contribution in [0.1, 0.15) is 5.56 Å². The molecule has 0 unspecified atom stereocenters. The Balaban J connectivity index is 1.82. The number of nitrogens with one attached hydrogen (secondary N) is 1. The Morgan fingerprint density at radius 1 is 1.00 bits per heavy atom. The smallest absolute Gasteiger partial charge is 0.228 e. The molecule has 0 radical (unpaired) electrons. The van der Waals surface area contributed by atoms with E-state index in [4.69, 9.17) is 0 Å². The molecule has 24 heavy (non-hydrogen) atoms. The van der Waals surface area contributed by atoms with Gasteiger partial charge in [-0.05, 0) is 24.3 Å². The molecule has 1 aromatic carbocycles. The highest BCUT2D eigenvalue weighted by molar-refractivity contribution is 5.79. The SMILES string of the molecule is N#Cc1cnn(-c2ccc3ccccc3n2)c1Nc1ncccn1. The number of benzene rings is 1. The summed E-state index contributed by atoms with van der Waals surface area (Å²) in [7, 11) is 0. The standard InChI is InChI=1S/C17H11N7/c18-10-13-11-21-24(16(13)23-17-19-8-3-9-20-17)15-7-6-12-4-1-2-5-14(12)22-15/h1-9,11H,(H,19,20,23). The molecule has 0 aliphatic rings. The van der Waals surface area contributed by atoms with Crippen LogP contribution >= 0.6 is 0 Å². The second-order valence-corrected chi connectivity index (χ2v) is 4.99. The fourth-order valence-corrected chi connectivity index (χ4v) is 2.37. The lowest BCUT2D eigenvalue weighted by Crippen LogP contribution is -2.07. The van der Waals surface area contributed by atoms with Crippen molar-refractivity contribution in [3.8, 4) is 11.9 Å². The maximum absolute atomic E-state index is 9.32. The van der Waals surface area contributed by atoms with Crippen LogP contribution in [0.5, 0.6) is 0 Å². The van der Waals surface area contributed by atoms with E-state index >= 15 is 0 Å². The van der Waals surface area contributed by atoms with Gasteiger partial charge in [-0.2, -0.15) is 15.0 Å². The number of hydrogen-bond donors (Lipinski definition) is 1. The summed E-state index contributed by atoms with van der Waals surface area (Å²) in [5.41, 5.74) is 1.24. The Bertz CT molecular complexity index is 1050. The normalized spacial score (nSPS) is 10.5. The van der Waals surface area contributed by atoms with Crippen LogP contribution in [-0.2, 0) is 0 Å². The van der Waals surface area contributed by atoms with Gasteiger partial charge in [0.25, 0.3) is 0 Å². The van der Waals surface area contributed by atoms with Crippen molar-refractivity contribution >= 4 is 22.7 Å². The minimum Gasteiger partial charge on any atom is -0.307 e. The van der Waals surface area contributed by atoms with E-state index in [9.17, 15) is 5.26 Å². The zero-order valence-electron chi connectivity index (χ0n) is 12.5. The summed E-state index contributed by atoms with van der Waals surface area (Å²) in [5.74, 6) is 1.47. The predicted octanol–water partition coefficient (Wildman–Crippen LogP) is 2.83. The predicted molar refractivity (Wildman–Crippen MR) is 88.9 cm³/mol. The number of anilines is 2. The lowest BCUT2D eigenvalue weighted by Gasteiger charge is -2.09. The fraction of sp³-hybridized carbons (Fsp3) is 0. The van der Waals surface area contributed by atoms with Crippen LogP contribution in [0, 0.1) is 11.3 Å². The minimum absolute atomic E-state index is 0.386. The van der Waals surface area contributed by atoms with Gasteiger partial charge in [-0.1, -0.05) is 18.2 Å². The molecule has 4 rings (SSSR count). The molecule has 0 bridgehead atoms. The highest BCUT2D eigenvalue weighted by atomic mass is 15.4. The molecular formula is C17H11N7. The number of fused-ring (bicyclic) bond motifs is 1. The topological polar surface area (TPSA) is 92.3 Å². The highest BCUT2D eigenvalue weighted by Gasteiger charge is 2.14. The number of pyridine rings is 1. The quantitative estimate of drug-likeness (QED) is 0.625. The van der Waals surface area contributed by atoms with E-state index < -0.39 is 0 Å². The number of hydrogen-bond acceptors (Lipinski definition) is 6. The molecule has 0 spiro atoms. The third-order valence-corrected chi connectivity index (χ3v) is 3.49. The molecule has 7 heteroatoms. The van der Waals surface area contributed by atoms with Crippen LogP contribution < -0.4 is 5.32 Å². The second-order valence-electron chi connectivity index (χ2n) is 4.99. The zero-order chi connectivity index (χ0) is 16.4. The Kier molecular flexibility index (Phi) is 3.33. The fourth-order valence-electron chi connectivity index (χ4n) is 2.37. The lowest BCUT2D eigenvalue weighted by atomic mass is 10.2. The van der Waals surface area contributed by atoms with E-state index in [0.717, 1.165) is 10.9 Å². The minimum atomic E-state index is 0.386. The number of para-hydroxylation sites is 1. The van der Waals surface area contributed by atoms with Crippen molar-refractivity contribution in [2.75, 3.05) is 5.32 Å². The van der Waals surface area contributed by atoms with Gasteiger partial charge in [0.15, 0.2) is 11.6 Å². The highest BCUT2D eigenvalue weighted by Crippen LogP contribution is 2.22. The number of nitriles is 1. The van der Waals surface area contributed by atoms with Crippen molar-refractivity contribution in [3.63, 3.8) is 0 Å². The van der Waals surface area contributed by atoms with Gasteiger partial charge in [-0.15, -0.1) is 0 Å². The molecule has 0 aliphatic carbocycles. The monoisotopic (exact) mass is 313 g/mol. The lowest BCUT2D eigenvalue weighted by molar-refractivity contribution is 0.858. The molecule has 114 valence electrons. The van der Waals surface area contributed by atoms with Crippen LogP contribution in [-0.4, -0.2) is 24.7 Å². The Morgan fingerprint density at radius 2 is 1.83 bits per heavy atom. The van der Waals surface area contributed by atoms with Crippen LogP contribution in [0.3, 0.4) is 0 Å². The average Bonchev–Trinajstić information content (AvgIpc) is 3.05. The third kappa shape index (κ3) is 2.42. The van der Waals surface area contributed by atoms with Gasteiger partial charge in [0.05, 0.1) is 11.7 Å². The van der Waals surface area contributed by atoms with Crippen LogP contribution in [0.2, 0.25) is 0 Å². The molecular weight excluding hydrogens is 302 g/mol. The molecule has 0 saturated heterocycles. The van der Waals surface area contributed by atoms with Crippen LogP contribution in [0.25, 0.3) is 16.7 Å². The molecule has 0 fully saturated rings. The van der Waals surface area contributed by atoms with E-state index in [2.05, 4.69) is 31.4 Å².